The summed E-state index contributed by atoms with van der Waals surface area (Å²) in [4.78, 5) is 35.2. The van der Waals surface area contributed by atoms with Crippen LogP contribution in [0.3, 0.4) is 0 Å². The van der Waals surface area contributed by atoms with E-state index in [0.717, 1.165) is 45.7 Å². The van der Waals surface area contributed by atoms with E-state index in [2.05, 4.69) is 11.1 Å². The molecular weight excluding hydrogens is 358 g/mol. The number of aromatic nitrogens is 2. The molecule has 2 aromatic heterocycles. The van der Waals surface area contributed by atoms with Crippen molar-refractivity contribution in [2.75, 3.05) is 6.54 Å². The van der Waals surface area contributed by atoms with E-state index in [9.17, 15) is 9.59 Å². The molecule has 1 aliphatic heterocycles. The number of carbonyl (C=O) groups excluding carboxylic acids is 2. The number of hydrogen-bond donors (Lipinski definition) is 1. The molecule has 1 aromatic carbocycles. The number of aryl methyl sites for hydroxylation is 1. The Hall–Kier alpha value is -2.47. The number of amides is 1. The molecule has 3 aromatic rings. The molecule has 0 radical (unpaired) electrons. The first-order valence-electron chi connectivity index (χ1n) is 9.34. The summed E-state index contributed by atoms with van der Waals surface area (Å²) >= 11 is 1.67. The molecule has 0 unspecified atom stereocenters. The highest BCUT2D eigenvalue weighted by Gasteiger charge is 2.33. The van der Waals surface area contributed by atoms with Crippen molar-refractivity contribution >= 4 is 33.2 Å². The average Bonchev–Trinajstić information content (AvgIpc) is 3.21. The molecule has 6 heteroatoms. The molecule has 3 heterocycles. The Morgan fingerprint density at radius 3 is 2.70 bits per heavy atom. The van der Waals surface area contributed by atoms with Crippen molar-refractivity contribution in [2.45, 2.75) is 46.1 Å². The van der Waals surface area contributed by atoms with Crippen LogP contribution in [0.4, 0.5) is 0 Å². The zero-order valence-electron chi connectivity index (χ0n) is 15.8. The van der Waals surface area contributed by atoms with Gasteiger partial charge < -0.3 is 9.88 Å². The fourth-order valence-electron chi connectivity index (χ4n) is 4.10. The SMILES string of the molecule is CC(=O)c1c(C)[nH]c(C(=O)N2CCCC[C@@H]2c2nc3ccccc3s2)c1C. The third-order valence-corrected chi connectivity index (χ3v) is 6.50. The fraction of sp³-hybridized carbons (Fsp3) is 0.381. The molecule has 5 nitrogen and oxygen atoms in total. The van der Waals surface area contributed by atoms with Crippen molar-refractivity contribution in [1.82, 2.24) is 14.9 Å². The molecule has 1 fully saturated rings. The summed E-state index contributed by atoms with van der Waals surface area (Å²) in [6, 6.07) is 8.09. The molecular formula is C21H23N3O2S. The zero-order valence-corrected chi connectivity index (χ0v) is 16.7. The minimum atomic E-state index is -0.0351. The van der Waals surface area contributed by atoms with Gasteiger partial charge in [-0.15, -0.1) is 11.3 Å². The van der Waals surface area contributed by atoms with Crippen molar-refractivity contribution in [3.8, 4) is 0 Å². The first-order valence-corrected chi connectivity index (χ1v) is 10.2. The number of carbonyl (C=O) groups is 2. The molecule has 1 N–H and O–H groups in total. The number of likely N-dealkylation sites (tertiary alicyclic amines) is 1. The second kappa shape index (κ2) is 6.93. The molecule has 27 heavy (non-hydrogen) atoms. The highest BCUT2D eigenvalue weighted by atomic mass is 32.1. The first kappa shape index (κ1) is 17.9. The van der Waals surface area contributed by atoms with Crippen molar-refractivity contribution < 1.29 is 9.59 Å². The molecule has 0 bridgehead atoms. The van der Waals surface area contributed by atoms with E-state index in [4.69, 9.17) is 4.98 Å². The number of rotatable bonds is 3. The van der Waals surface area contributed by atoms with Crippen LogP contribution in [0, 0.1) is 13.8 Å². The van der Waals surface area contributed by atoms with Gasteiger partial charge in [0.15, 0.2) is 5.78 Å². The Morgan fingerprint density at radius 1 is 1.22 bits per heavy atom. The van der Waals surface area contributed by atoms with E-state index in [1.54, 1.807) is 18.3 Å². The summed E-state index contributed by atoms with van der Waals surface area (Å²) in [6.45, 7) is 5.96. The van der Waals surface area contributed by atoms with Gasteiger partial charge in [0.25, 0.3) is 5.91 Å². The van der Waals surface area contributed by atoms with E-state index in [0.29, 0.717) is 17.8 Å². The van der Waals surface area contributed by atoms with Gasteiger partial charge in [0.05, 0.1) is 16.3 Å². The monoisotopic (exact) mass is 381 g/mol. The van der Waals surface area contributed by atoms with E-state index in [-0.39, 0.29) is 17.7 Å². The van der Waals surface area contributed by atoms with Gasteiger partial charge in [-0.3, -0.25) is 9.59 Å². The second-order valence-electron chi connectivity index (χ2n) is 7.21. The van der Waals surface area contributed by atoms with Crippen LogP contribution < -0.4 is 0 Å². The van der Waals surface area contributed by atoms with E-state index in [1.165, 1.54) is 0 Å². The van der Waals surface area contributed by atoms with Crippen molar-refractivity contribution in [3.63, 3.8) is 0 Å². The van der Waals surface area contributed by atoms with Gasteiger partial charge in [0.1, 0.15) is 10.7 Å². The normalized spacial score (nSPS) is 17.4. The van der Waals surface area contributed by atoms with Crippen LogP contribution in [-0.2, 0) is 0 Å². The number of hydrogen-bond acceptors (Lipinski definition) is 4. The summed E-state index contributed by atoms with van der Waals surface area (Å²) in [6.07, 6.45) is 3.00. The number of nitrogens with zero attached hydrogens (tertiary/aromatic N) is 2. The number of benzene rings is 1. The quantitative estimate of drug-likeness (QED) is 0.662. The highest BCUT2D eigenvalue weighted by Crippen LogP contribution is 2.36. The zero-order chi connectivity index (χ0) is 19.1. The molecule has 0 saturated carbocycles. The summed E-state index contributed by atoms with van der Waals surface area (Å²) in [5, 5.41) is 0.997. The van der Waals surface area contributed by atoms with Gasteiger partial charge in [0.2, 0.25) is 0 Å². The topological polar surface area (TPSA) is 66.1 Å². The predicted molar refractivity (Wildman–Crippen MR) is 108 cm³/mol. The molecule has 0 spiro atoms. The number of fused-ring (bicyclic) bond motifs is 1. The Kier molecular flexibility index (Phi) is 4.60. The summed E-state index contributed by atoms with van der Waals surface area (Å²) in [5.74, 6) is -0.0475. The van der Waals surface area contributed by atoms with Gasteiger partial charge >= 0.3 is 0 Å². The van der Waals surface area contributed by atoms with Gasteiger partial charge in [-0.1, -0.05) is 12.1 Å². The lowest BCUT2D eigenvalue weighted by molar-refractivity contribution is 0.0605. The number of para-hydroxylation sites is 1. The number of ketones is 1. The Morgan fingerprint density at radius 2 is 2.00 bits per heavy atom. The third kappa shape index (κ3) is 3.08. The fourth-order valence-corrected chi connectivity index (χ4v) is 5.21. The maximum Gasteiger partial charge on any atom is 0.271 e. The molecule has 1 amide bonds. The largest absolute Gasteiger partial charge is 0.354 e. The predicted octanol–water partition coefficient (Wildman–Crippen LogP) is 4.81. The van der Waals surface area contributed by atoms with Gasteiger partial charge in [0, 0.05) is 17.8 Å². The number of aromatic amines is 1. The van der Waals surface area contributed by atoms with E-state index in [1.807, 2.05) is 36.9 Å². The number of nitrogens with one attached hydrogen (secondary N) is 1. The van der Waals surface area contributed by atoms with Gasteiger partial charge in [-0.05, 0) is 57.7 Å². The molecule has 140 valence electrons. The number of H-pyrrole nitrogens is 1. The van der Waals surface area contributed by atoms with Crippen LogP contribution >= 0.6 is 11.3 Å². The van der Waals surface area contributed by atoms with Gasteiger partial charge in [-0.25, -0.2) is 4.98 Å². The maximum absolute atomic E-state index is 13.4. The summed E-state index contributed by atoms with van der Waals surface area (Å²) in [5.41, 5.74) is 3.66. The minimum Gasteiger partial charge on any atom is -0.354 e. The van der Waals surface area contributed by atoms with Crippen molar-refractivity contribution in [1.29, 1.82) is 0 Å². The first-order chi connectivity index (χ1) is 13.0. The van der Waals surface area contributed by atoms with Crippen LogP contribution in [-0.4, -0.2) is 33.1 Å². The number of Topliss-reactive ketones (excluding diaryl/α,β-unsaturated/α-hetero) is 1. The van der Waals surface area contributed by atoms with Crippen molar-refractivity contribution in [2.24, 2.45) is 0 Å². The molecule has 4 rings (SSSR count). The smallest absolute Gasteiger partial charge is 0.271 e. The lowest BCUT2D eigenvalue weighted by Gasteiger charge is -2.34. The Bertz CT molecular complexity index is 1000. The van der Waals surface area contributed by atoms with Crippen LogP contribution in [0.1, 0.15) is 69.3 Å². The van der Waals surface area contributed by atoms with E-state index < -0.39 is 0 Å². The average molecular weight is 382 g/mol. The molecule has 1 aliphatic rings. The van der Waals surface area contributed by atoms with Crippen LogP contribution in [0.5, 0.6) is 0 Å². The van der Waals surface area contributed by atoms with Crippen LogP contribution in [0.2, 0.25) is 0 Å². The Balaban J connectivity index is 1.71. The van der Waals surface area contributed by atoms with Crippen molar-refractivity contribution in [3.05, 3.63) is 51.8 Å². The Labute approximate surface area is 162 Å². The van der Waals surface area contributed by atoms with Crippen LogP contribution in [0.25, 0.3) is 10.2 Å². The number of piperidine rings is 1. The molecule has 0 aliphatic carbocycles. The van der Waals surface area contributed by atoms with Crippen LogP contribution in [0.15, 0.2) is 24.3 Å². The molecule has 1 saturated heterocycles. The lowest BCUT2D eigenvalue weighted by Crippen LogP contribution is -2.39. The standard InChI is InChI=1S/C21H23N3O2S/c1-12-18(14(3)25)13(2)22-19(12)21(26)24-11-7-6-9-16(24)20-23-15-8-4-5-10-17(15)27-20/h4-5,8,10,16,22H,6-7,9,11H2,1-3H3/t16-/m1/s1. The van der Waals surface area contributed by atoms with Gasteiger partial charge in [-0.2, -0.15) is 0 Å². The lowest BCUT2D eigenvalue weighted by atomic mass is 10.0. The van der Waals surface area contributed by atoms with E-state index >= 15 is 0 Å². The molecule has 1 atom stereocenters. The third-order valence-electron chi connectivity index (χ3n) is 5.36. The second-order valence-corrected chi connectivity index (χ2v) is 8.27. The summed E-state index contributed by atoms with van der Waals surface area (Å²) in [7, 11) is 0. The number of thiazole rings is 1. The highest BCUT2D eigenvalue weighted by molar-refractivity contribution is 7.18. The summed E-state index contributed by atoms with van der Waals surface area (Å²) < 4.78 is 1.15. The maximum atomic E-state index is 13.4. The minimum absolute atomic E-state index is 0.00701.